The first-order valence-electron chi connectivity index (χ1n) is 7.36. The van der Waals surface area contributed by atoms with E-state index >= 15 is 0 Å². The second-order valence-electron chi connectivity index (χ2n) is 5.81. The molecule has 2 nitrogen and oxygen atoms in total. The molecule has 0 bridgehead atoms. The van der Waals surface area contributed by atoms with Crippen LogP contribution in [0, 0.1) is 0 Å². The van der Waals surface area contributed by atoms with Crippen LogP contribution in [0.4, 0.5) is 0 Å². The van der Waals surface area contributed by atoms with Crippen LogP contribution in [0.3, 0.4) is 0 Å². The van der Waals surface area contributed by atoms with Gasteiger partial charge in [-0.2, -0.15) is 0 Å². The predicted molar refractivity (Wildman–Crippen MR) is 89.0 cm³/mol. The van der Waals surface area contributed by atoms with Gasteiger partial charge in [0.1, 0.15) is 5.60 Å². The number of hydrogen-bond donors (Lipinski definition) is 1. The molecule has 21 heavy (non-hydrogen) atoms. The van der Waals surface area contributed by atoms with Crippen LogP contribution < -0.4 is 0 Å². The monoisotopic (exact) mass is 345 g/mol. The molecule has 1 N–H and O–H groups in total. The fraction of sp³-hybridized carbons (Fsp3) is 0.333. The lowest BCUT2D eigenvalue weighted by molar-refractivity contribution is 0.00473. The van der Waals surface area contributed by atoms with Crippen LogP contribution in [0.5, 0.6) is 0 Å². The standard InChI is InChI=1S/C18H20BrNO/c1-14-18(21,16-7-9-17(19)10-8-16)11-12-20(14)13-15-5-3-2-4-6-15/h2-10,14,21H,11-13H2,1H3. The van der Waals surface area contributed by atoms with E-state index in [2.05, 4.69) is 52.0 Å². The topological polar surface area (TPSA) is 23.5 Å². The number of hydrogen-bond acceptors (Lipinski definition) is 2. The largest absolute Gasteiger partial charge is 0.383 e. The maximum Gasteiger partial charge on any atom is 0.106 e. The van der Waals surface area contributed by atoms with Crippen LogP contribution >= 0.6 is 15.9 Å². The fourth-order valence-corrected chi connectivity index (χ4v) is 3.44. The van der Waals surface area contributed by atoms with E-state index in [1.54, 1.807) is 0 Å². The molecular formula is C18H20BrNO. The lowest BCUT2D eigenvalue weighted by Gasteiger charge is -2.32. The molecule has 1 heterocycles. The maximum atomic E-state index is 11.1. The highest BCUT2D eigenvalue weighted by Gasteiger charge is 2.44. The fourth-order valence-electron chi connectivity index (χ4n) is 3.18. The zero-order valence-corrected chi connectivity index (χ0v) is 13.8. The molecule has 2 unspecified atom stereocenters. The van der Waals surface area contributed by atoms with Crippen LogP contribution in [-0.2, 0) is 12.1 Å². The van der Waals surface area contributed by atoms with E-state index in [-0.39, 0.29) is 6.04 Å². The summed E-state index contributed by atoms with van der Waals surface area (Å²) in [7, 11) is 0. The molecule has 0 radical (unpaired) electrons. The van der Waals surface area contributed by atoms with Crippen molar-refractivity contribution in [3.8, 4) is 0 Å². The van der Waals surface area contributed by atoms with Gasteiger partial charge in [0.2, 0.25) is 0 Å². The molecule has 1 saturated heterocycles. The molecule has 1 aliphatic heterocycles. The molecule has 2 aromatic rings. The first-order chi connectivity index (χ1) is 10.1. The van der Waals surface area contributed by atoms with E-state index in [4.69, 9.17) is 0 Å². The van der Waals surface area contributed by atoms with Gasteiger partial charge in [-0.3, -0.25) is 4.90 Å². The Labute approximate surface area is 134 Å². The summed E-state index contributed by atoms with van der Waals surface area (Å²) < 4.78 is 1.04. The van der Waals surface area contributed by atoms with Crippen molar-refractivity contribution in [2.45, 2.75) is 31.5 Å². The molecule has 2 aromatic carbocycles. The highest BCUT2D eigenvalue weighted by molar-refractivity contribution is 9.10. The van der Waals surface area contributed by atoms with Crippen LogP contribution in [-0.4, -0.2) is 22.6 Å². The Hall–Kier alpha value is -1.16. The van der Waals surface area contributed by atoms with Gasteiger partial charge in [0, 0.05) is 23.6 Å². The molecule has 0 saturated carbocycles. The molecule has 0 aromatic heterocycles. The van der Waals surface area contributed by atoms with Crippen molar-refractivity contribution in [1.29, 1.82) is 0 Å². The van der Waals surface area contributed by atoms with Crippen LogP contribution in [0.25, 0.3) is 0 Å². The average molecular weight is 346 g/mol. The van der Waals surface area contributed by atoms with Crippen molar-refractivity contribution in [3.05, 3.63) is 70.2 Å². The number of rotatable bonds is 3. The van der Waals surface area contributed by atoms with Gasteiger partial charge in [-0.15, -0.1) is 0 Å². The lowest BCUT2D eigenvalue weighted by Crippen LogP contribution is -2.40. The van der Waals surface area contributed by atoms with Gasteiger partial charge < -0.3 is 5.11 Å². The second kappa shape index (κ2) is 5.91. The molecule has 1 aliphatic rings. The first-order valence-corrected chi connectivity index (χ1v) is 8.15. The molecule has 0 aliphatic carbocycles. The Morgan fingerprint density at radius 1 is 1.14 bits per heavy atom. The number of nitrogens with zero attached hydrogens (tertiary/aromatic N) is 1. The normalized spacial score (nSPS) is 26.1. The van der Waals surface area contributed by atoms with E-state index in [1.807, 2.05) is 30.3 Å². The van der Waals surface area contributed by atoms with Crippen molar-refractivity contribution in [3.63, 3.8) is 0 Å². The maximum absolute atomic E-state index is 11.1. The van der Waals surface area contributed by atoms with Gasteiger partial charge in [-0.1, -0.05) is 58.4 Å². The van der Waals surface area contributed by atoms with Crippen molar-refractivity contribution in [1.82, 2.24) is 4.90 Å². The Balaban J connectivity index is 1.79. The smallest absolute Gasteiger partial charge is 0.106 e. The van der Waals surface area contributed by atoms with E-state index in [9.17, 15) is 5.11 Å². The zero-order valence-electron chi connectivity index (χ0n) is 12.2. The Morgan fingerprint density at radius 3 is 2.48 bits per heavy atom. The van der Waals surface area contributed by atoms with Gasteiger partial charge in [0.15, 0.2) is 0 Å². The molecule has 110 valence electrons. The van der Waals surface area contributed by atoms with Gasteiger partial charge in [0.05, 0.1) is 0 Å². The molecule has 1 fully saturated rings. The Morgan fingerprint density at radius 2 is 1.81 bits per heavy atom. The first kappa shape index (κ1) is 14.8. The van der Waals surface area contributed by atoms with Crippen LogP contribution in [0.2, 0.25) is 0 Å². The summed E-state index contributed by atoms with van der Waals surface area (Å²) in [6.45, 7) is 3.93. The summed E-state index contributed by atoms with van der Waals surface area (Å²) in [6.07, 6.45) is 0.780. The number of aliphatic hydroxyl groups is 1. The molecule has 3 heteroatoms. The summed E-state index contributed by atoms with van der Waals surface area (Å²) in [5, 5.41) is 11.1. The quantitative estimate of drug-likeness (QED) is 0.910. The van der Waals surface area contributed by atoms with E-state index in [1.165, 1.54) is 5.56 Å². The lowest BCUT2D eigenvalue weighted by atomic mass is 9.87. The van der Waals surface area contributed by atoms with Gasteiger partial charge in [0.25, 0.3) is 0 Å². The van der Waals surface area contributed by atoms with Crippen molar-refractivity contribution in [2.75, 3.05) is 6.54 Å². The Bertz CT molecular complexity index is 598. The van der Waals surface area contributed by atoms with Crippen molar-refractivity contribution < 1.29 is 5.11 Å². The zero-order chi connectivity index (χ0) is 14.9. The van der Waals surface area contributed by atoms with Gasteiger partial charge in [-0.25, -0.2) is 0 Å². The van der Waals surface area contributed by atoms with Crippen LogP contribution in [0.15, 0.2) is 59.1 Å². The van der Waals surface area contributed by atoms with Gasteiger partial charge in [-0.05, 0) is 36.6 Å². The molecular weight excluding hydrogens is 326 g/mol. The summed E-state index contributed by atoms with van der Waals surface area (Å²) in [6, 6.07) is 18.6. The molecule has 2 atom stereocenters. The van der Waals surface area contributed by atoms with E-state index < -0.39 is 5.60 Å². The summed E-state index contributed by atoms with van der Waals surface area (Å²) in [5.74, 6) is 0. The van der Waals surface area contributed by atoms with Crippen molar-refractivity contribution in [2.24, 2.45) is 0 Å². The number of halogens is 1. The molecule has 0 amide bonds. The third kappa shape index (κ3) is 2.91. The highest BCUT2D eigenvalue weighted by atomic mass is 79.9. The number of benzene rings is 2. The van der Waals surface area contributed by atoms with E-state index in [0.29, 0.717) is 0 Å². The average Bonchev–Trinajstić information content (AvgIpc) is 2.79. The number of likely N-dealkylation sites (tertiary alicyclic amines) is 1. The summed E-state index contributed by atoms with van der Waals surface area (Å²) in [5.41, 5.74) is 1.55. The highest BCUT2D eigenvalue weighted by Crippen LogP contribution is 2.38. The SMILES string of the molecule is CC1N(Cc2ccccc2)CCC1(O)c1ccc(Br)cc1. The minimum Gasteiger partial charge on any atom is -0.383 e. The second-order valence-corrected chi connectivity index (χ2v) is 6.73. The molecule has 3 rings (SSSR count). The van der Waals surface area contributed by atoms with Crippen LogP contribution in [0.1, 0.15) is 24.5 Å². The minimum absolute atomic E-state index is 0.110. The van der Waals surface area contributed by atoms with E-state index in [0.717, 1.165) is 29.5 Å². The Kier molecular flexibility index (Phi) is 4.16. The third-order valence-corrected chi connectivity index (χ3v) is 5.12. The van der Waals surface area contributed by atoms with Crippen molar-refractivity contribution >= 4 is 15.9 Å². The summed E-state index contributed by atoms with van der Waals surface area (Å²) in [4.78, 5) is 2.36. The summed E-state index contributed by atoms with van der Waals surface area (Å²) >= 11 is 3.45. The van der Waals surface area contributed by atoms with Gasteiger partial charge >= 0.3 is 0 Å². The predicted octanol–water partition coefficient (Wildman–Crippen LogP) is 3.93. The molecule has 0 spiro atoms. The third-order valence-electron chi connectivity index (χ3n) is 4.59. The minimum atomic E-state index is -0.754.